The molecular formula is C19H15F2N5OS. The molecule has 4 aromatic rings. The Bertz CT molecular complexity index is 1200. The molecule has 0 saturated carbocycles. The summed E-state index contributed by atoms with van der Waals surface area (Å²) in [5.41, 5.74) is 2.86. The van der Waals surface area contributed by atoms with Gasteiger partial charge in [-0.25, -0.2) is 18.4 Å². The number of nitrogens with zero attached hydrogens (tertiary/aromatic N) is 4. The van der Waals surface area contributed by atoms with Crippen LogP contribution in [0.2, 0.25) is 0 Å². The molecule has 0 atom stereocenters. The number of amides is 1. The van der Waals surface area contributed by atoms with Crippen LogP contribution < -0.4 is 5.32 Å². The lowest BCUT2D eigenvalue weighted by Gasteiger charge is -2.02. The maximum atomic E-state index is 13.5. The van der Waals surface area contributed by atoms with Gasteiger partial charge >= 0.3 is 0 Å². The molecule has 28 heavy (non-hydrogen) atoms. The second-order valence-corrected chi connectivity index (χ2v) is 7.32. The third-order valence-electron chi connectivity index (χ3n) is 4.29. The Morgan fingerprint density at radius 2 is 2.00 bits per heavy atom. The van der Waals surface area contributed by atoms with Crippen molar-refractivity contribution in [3.63, 3.8) is 0 Å². The molecule has 0 aliphatic heterocycles. The molecule has 2 aromatic carbocycles. The van der Waals surface area contributed by atoms with Crippen LogP contribution in [0.1, 0.15) is 22.2 Å². The Balaban J connectivity index is 1.59. The summed E-state index contributed by atoms with van der Waals surface area (Å²) >= 11 is 1.26. The lowest BCUT2D eigenvalue weighted by Crippen LogP contribution is -2.11. The molecule has 142 valence electrons. The van der Waals surface area contributed by atoms with Crippen molar-refractivity contribution in [2.45, 2.75) is 20.4 Å². The van der Waals surface area contributed by atoms with Gasteiger partial charge in [0.15, 0.2) is 16.8 Å². The zero-order valence-corrected chi connectivity index (χ0v) is 15.8. The predicted molar refractivity (Wildman–Crippen MR) is 103 cm³/mol. The van der Waals surface area contributed by atoms with Gasteiger partial charge in [0, 0.05) is 22.5 Å². The first-order valence-electron chi connectivity index (χ1n) is 8.53. The van der Waals surface area contributed by atoms with Crippen molar-refractivity contribution >= 4 is 33.4 Å². The topological polar surface area (TPSA) is 72.7 Å². The Morgan fingerprint density at radius 3 is 2.75 bits per heavy atom. The van der Waals surface area contributed by atoms with Crippen LogP contribution in [0, 0.1) is 18.6 Å². The lowest BCUT2D eigenvalue weighted by atomic mass is 10.1. The Hall–Kier alpha value is -3.20. The Kier molecular flexibility index (Phi) is 4.60. The molecule has 0 unspecified atom stereocenters. The Morgan fingerprint density at radius 1 is 1.18 bits per heavy atom. The highest BCUT2D eigenvalue weighted by Crippen LogP contribution is 2.31. The minimum atomic E-state index is -0.941. The first kappa shape index (κ1) is 18.2. The zero-order chi connectivity index (χ0) is 19.8. The number of benzene rings is 2. The van der Waals surface area contributed by atoms with E-state index in [0.717, 1.165) is 22.5 Å². The molecule has 0 radical (unpaired) electrons. The number of fused-ring (bicyclic) bond motifs is 1. The molecule has 1 N–H and O–H groups in total. The van der Waals surface area contributed by atoms with Crippen molar-refractivity contribution in [3.05, 3.63) is 58.5 Å². The van der Waals surface area contributed by atoms with Gasteiger partial charge in [-0.1, -0.05) is 5.21 Å². The summed E-state index contributed by atoms with van der Waals surface area (Å²) in [6.07, 6.45) is 0. The number of aromatic nitrogens is 4. The molecule has 2 aromatic heterocycles. The highest BCUT2D eigenvalue weighted by atomic mass is 32.1. The molecule has 6 nitrogen and oxygen atoms in total. The van der Waals surface area contributed by atoms with Crippen LogP contribution in [0.5, 0.6) is 0 Å². The van der Waals surface area contributed by atoms with E-state index < -0.39 is 11.6 Å². The summed E-state index contributed by atoms with van der Waals surface area (Å²) in [5.74, 6) is -2.19. The number of anilines is 1. The van der Waals surface area contributed by atoms with E-state index in [1.165, 1.54) is 17.4 Å². The highest BCUT2D eigenvalue weighted by Gasteiger charge is 2.15. The summed E-state index contributed by atoms with van der Waals surface area (Å²) in [7, 11) is 0. The number of thiazole rings is 1. The van der Waals surface area contributed by atoms with Gasteiger partial charge in [0.25, 0.3) is 5.91 Å². The average Bonchev–Trinajstić information content (AvgIpc) is 3.26. The van der Waals surface area contributed by atoms with E-state index in [-0.39, 0.29) is 5.91 Å². The van der Waals surface area contributed by atoms with E-state index in [0.29, 0.717) is 34.0 Å². The molecule has 0 fully saturated rings. The molecule has 0 aliphatic carbocycles. The van der Waals surface area contributed by atoms with Crippen LogP contribution in [-0.4, -0.2) is 25.9 Å². The highest BCUT2D eigenvalue weighted by molar-refractivity contribution is 7.16. The first-order chi connectivity index (χ1) is 13.5. The molecule has 2 heterocycles. The predicted octanol–water partition coefficient (Wildman–Crippen LogP) is 4.41. The summed E-state index contributed by atoms with van der Waals surface area (Å²) in [4.78, 5) is 17.7. The number of rotatable bonds is 4. The van der Waals surface area contributed by atoms with Gasteiger partial charge in [-0.3, -0.25) is 10.1 Å². The summed E-state index contributed by atoms with van der Waals surface area (Å²) < 4.78 is 28.4. The quantitative estimate of drug-likeness (QED) is 0.552. The van der Waals surface area contributed by atoms with Crippen LogP contribution in [0.3, 0.4) is 0 Å². The number of carbonyl (C=O) groups excluding carboxylic acids is 1. The minimum absolute atomic E-state index is 0.335. The number of aryl methyl sites for hydroxylation is 2. The third kappa shape index (κ3) is 3.24. The molecule has 0 spiro atoms. The van der Waals surface area contributed by atoms with E-state index in [1.807, 2.05) is 6.92 Å². The van der Waals surface area contributed by atoms with Gasteiger partial charge in [0.1, 0.15) is 5.52 Å². The van der Waals surface area contributed by atoms with Crippen LogP contribution in [0.25, 0.3) is 22.3 Å². The molecular weight excluding hydrogens is 384 g/mol. The normalized spacial score (nSPS) is 11.1. The SMILES string of the molecule is CCn1nnc2cc(C(=O)Nc3nc(-c4ccc(F)c(F)c4)c(C)s3)ccc21. The number of nitrogens with one attached hydrogen (secondary N) is 1. The van der Waals surface area contributed by atoms with Crippen LogP contribution in [0.15, 0.2) is 36.4 Å². The number of hydrogen-bond acceptors (Lipinski definition) is 5. The lowest BCUT2D eigenvalue weighted by molar-refractivity contribution is 0.102. The molecule has 4 rings (SSSR count). The average molecular weight is 399 g/mol. The largest absolute Gasteiger partial charge is 0.298 e. The Labute approximate surface area is 162 Å². The second-order valence-electron chi connectivity index (χ2n) is 6.12. The van der Waals surface area contributed by atoms with Gasteiger partial charge in [-0.05, 0) is 50.2 Å². The maximum Gasteiger partial charge on any atom is 0.257 e. The smallest absolute Gasteiger partial charge is 0.257 e. The van der Waals surface area contributed by atoms with Crippen molar-refractivity contribution in [3.8, 4) is 11.3 Å². The van der Waals surface area contributed by atoms with Gasteiger partial charge in [0.2, 0.25) is 0 Å². The van der Waals surface area contributed by atoms with Crippen molar-refractivity contribution in [1.29, 1.82) is 0 Å². The van der Waals surface area contributed by atoms with Crippen molar-refractivity contribution < 1.29 is 13.6 Å². The fourth-order valence-corrected chi connectivity index (χ4v) is 3.71. The van der Waals surface area contributed by atoms with Gasteiger partial charge in [0.05, 0.1) is 11.2 Å². The van der Waals surface area contributed by atoms with Crippen LogP contribution >= 0.6 is 11.3 Å². The van der Waals surface area contributed by atoms with E-state index in [2.05, 4.69) is 20.6 Å². The monoisotopic (exact) mass is 399 g/mol. The summed E-state index contributed by atoms with van der Waals surface area (Å²) in [5, 5.41) is 11.2. The number of halogens is 2. The van der Waals surface area contributed by atoms with Crippen molar-refractivity contribution in [1.82, 2.24) is 20.0 Å². The van der Waals surface area contributed by atoms with Crippen molar-refractivity contribution in [2.24, 2.45) is 0 Å². The first-order valence-corrected chi connectivity index (χ1v) is 9.35. The summed E-state index contributed by atoms with van der Waals surface area (Å²) in [6.45, 7) is 4.45. The molecule has 1 amide bonds. The van der Waals surface area contributed by atoms with E-state index >= 15 is 0 Å². The van der Waals surface area contributed by atoms with Gasteiger partial charge in [-0.15, -0.1) is 16.4 Å². The fourth-order valence-electron chi connectivity index (χ4n) is 2.88. The summed E-state index contributed by atoms with van der Waals surface area (Å²) in [6, 6.07) is 8.77. The zero-order valence-electron chi connectivity index (χ0n) is 15.0. The van der Waals surface area contributed by atoms with E-state index in [4.69, 9.17) is 0 Å². The second kappa shape index (κ2) is 7.08. The standard InChI is InChI=1S/C19H15F2N5OS/c1-3-26-16-7-5-12(9-15(16)24-25-26)18(27)23-19-22-17(10(2)28-19)11-4-6-13(20)14(21)8-11/h4-9H,3H2,1-2H3,(H,22,23,27). The third-order valence-corrected chi connectivity index (χ3v) is 5.17. The molecule has 0 bridgehead atoms. The molecule has 9 heteroatoms. The number of carbonyl (C=O) groups is 1. The van der Waals surface area contributed by atoms with E-state index in [9.17, 15) is 13.6 Å². The molecule has 0 saturated heterocycles. The minimum Gasteiger partial charge on any atom is -0.298 e. The number of hydrogen-bond donors (Lipinski definition) is 1. The fraction of sp³-hybridized carbons (Fsp3) is 0.158. The van der Waals surface area contributed by atoms with Crippen LogP contribution in [-0.2, 0) is 6.54 Å². The molecule has 0 aliphatic rings. The maximum absolute atomic E-state index is 13.5. The van der Waals surface area contributed by atoms with Gasteiger partial charge < -0.3 is 0 Å². The van der Waals surface area contributed by atoms with E-state index in [1.54, 1.807) is 29.8 Å². The van der Waals surface area contributed by atoms with Crippen LogP contribution in [0.4, 0.5) is 13.9 Å². The van der Waals surface area contributed by atoms with Crippen molar-refractivity contribution in [2.75, 3.05) is 5.32 Å². The van der Waals surface area contributed by atoms with Gasteiger partial charge in [-0.2, -0.15) is 0 Å².